The Morgan fingerprint density at radius 2 is 1.14 bits per heavy atom. The summed E-state index contributed by atoms with van der Waals surface area (Å²) in [6.07, 6.45) is 3.33. The summed E-state index contributed by atoms with van der Waals surface area (Å²) >= 11 is 0. The smallest absolute Gasteiger partial charge is 0.344 e. The maximum atomic E-state index is 12.5. The van der Waals surface area contributed by atoms with E-state index in [1.54, 1.807) is 31.6 Å². The Bertz CT molecular complexity index is 2270. The molecule has 2 aliphatic rings. The lowest BCUT2D eigenvalue weighted by Gasteiger charge is -2.34. The molecule has 2 saturated heterocycles. The molecule has 0 atom stereocenters. The molecule has 0 bridgehead atoms. The van der Waals surface area contributed by atoms with Crippen molar-refractivity contribution in [2.24, 2.45) is 0 Å². The van der Waals surface area contributed by atoms with Crippen LogP contribution in [0.5, 0.6) is 5.88 Å². The zero-order valence-corrected chi connectivity index (χ0v) is 29.5. The predicted molar refractivity (Wildman–Crippen MR) is 202 cm³/mol. The van der Waals surface area contributed by atoms with E-state index in [9.17, 15) is 9.59 Å². The third-order valence-corrected chi connectivity index (χ3v) is 9.65. The summed E-state index contributed by atoms with van der Waals surface area (Å²) in [6, 6.07) is 23.2. The van der Waals surface area contributed by atoms with Gasteiger partial charge >= 0.3 is 11.3 Å². The average Bonchev–Trinajstić information content (AvgIpc) is 3.15. The highest BCUT2D eigenvalue weighted by atomic mass is 16.5. The normalized spacial score (nSPS) is 15.5. The van der Waals surface area contributed by atoms with Crippen LogP contribution in [0.25, 0.3) is 44.2 Å². The maximum absolute atomic E-state index is 12.5. The first-order valence-corrected chi connectivity index (χ1v) is 17.2. The van der Waals surface area contributed by atoms with Gasteiger partial charge in [0.25, 0.3) is 0 Å². The van der Waals surface area contributed by atoms with E-state index in [-0.39, 0.29) is 11.3 Å². The van der Waals surface area contributed by atoms with Gasteiger partial charge in [0.1, 0.15) is 11.2 Å². The summed E-state index contributed by atoms with van der Waals surface area (Å²) in [4.78, 5) is 42.6. The number of aryl methyl sites for hydroxylation is 1. The number of likely N-dealkylation sites (N-methyl/N-ethyl adjacent to an activating group) is 2. The number of benzene rings is 2. The minimum Gasteiger partial charge on any atom is -0.481 e. The standard InChI is InChI=1S/C20H21N3O3.C20H21N3O2/c1-22-7-9-23(10-8-22)16-4-3-15-11-17(20(24)26-18(15)13-16)14-5-6-21-19(12-14)25-2;1-14-3-4-16(13-21-14)18-11-15-5-6-17(12-19(15)25-20(18)24)23-9-7-22(2)8-10-23/h3-6,11-13H,7-10H2,1-2H3;3-6,11-13H,7-10H2,1-2H3. The highest BCUT2D eigenvalue weighted by Gasteiger charge is 2.17. The predicted octanol–water partition coefficient (Wildman–Crippen LogP) is 5.53. The van der Waals surface area contributed by atoms with E-state index in [0.29, 0.717) is 28.2 Å². The van der Waals surface area contributed by atoms with Crippen LogP contribution in [-0.2, 0) is 0 Å². The Morgan fingerprint density at radius 3 is 1.63 bits per heavy atom. The molecular formula is C40H42N6O5. The zero-order chi connectivity index (χ0) is 35.5. The van der Waals surface area contributed by atoms with E-state index >= 15 is 0 Å². The number of hydrogen-bond acceptors (Lipinski definition) is 11. The first-order chi connectivity index (χ1) is 24.7. The number of nitrogens with zero attached hydrogens (tertiary/aromatic N) is 6. The van der Waals surface area contributed by atoms with Crippen LogP contribution < -0.4 is 25.8 Å². The number of rotatable bonds is 5. The molecule has 0 spiro atoms. The Labute approximate surface area is 296 Å². The maximum Gasteiger partial charge on any atom is 0.344 e. The van der Waals surface area contributed by atoms with E-state index in [1.165, 1.54) is 0 Å². The lowest BCUT2D eigenvalue weighted by atomic mass is 10.1. The molecule has 6 aromatic rings. The Morgan fingerprint density at radius 1 is 0.608 bits per heavy atom. The molecule has 0 N–H and O–H groups in total. The van der Waals surface area contributed by atoms with Crippen LogP contribution in [-0.4, -0.2) is 93.3 Å². The van der Waals surface area contributed by atoms with Gasteiger partial charge in [0.2, 0.25) is 5.88 Å². The van der Waals surface area contributed by atoms with Crippen LogP contribution in [0.3, 0.4) is 0 Å². The quantitative estimate of drug-likeness (QED) is 0.214. The fraction of sp³-hybridized carbons (Fsp3) is 0.300. The molecule has 0 unspecified atom stereocenters. The minimum absolute atomic E-state index is 0.325. The van der Waals surface area contributed by atoms with Gasteiger partial charge in [-0.15, -0.1) is 0 Å². The molecule has 0 aliphatic carbocycles. The van der Waals surface area contributed by atoms with Gasteiger partial charge < -0.3 is 33.2 Å². The molecule has 0 amide bonds. The second-order valence-electron chi connectivity index (χ2n) is 13.2. The summed E-state index contributed by atoms with van der Waals surface area (Å²) in [5, 5.41) is 1.82. The number of methoxy groups -OCH3 is 1. The molecule has 8 rings (SSSR count). The summed E-state index contributed by atoms with van der Waals surface area (Å²) in [5.41, 5.74) is 6.24. The van der Waals surface area contributed by atoms with Gasteiger partial charge in [-0.05, 0) is 75.1 Å². The lowest BCUT2D eigenvalue weighted by molar-refractivity contribution is 0.313. The molecule has 262 valence electrons. The number of piperazine rings is 2. The molecule has 2 aliphatic heterocycles. The zero-order valence-electron chi connectivity index (χ0n) is 29.5. The van der Waals surface area contributed by atoms with Crippen molar-refractivity contribution in [1.29, 1.82) is 0 Å². The molecule has 11 nitrogen and oxygen atoms in total. The molecular weight excluding hydrogens is 644 g/mol. The van der Waals surface area contributed by atoms with Crippen molar-refractivity contribution >= 4 is 33.3 Å². The third kappa shape index (κ3) is 7.64. The van der Waals surface area contributed by atoms with Crippen molar-refractivity contribution in [3.05, 3.63) is 112 Å². The first-order valence-electron chi connectivity index (χ1n) is 17.2. The molecule has 11 heteroatoms. The summed E-state index contributed by atoms with van der Waals surface area (Å²) in [6.45, 7) is 9.99. The molecule has 4 aromatic heterocycles. The van der Waals surface area contributed by atoms with Crippen molar-refractivity contribution in [3.8, 4) is 28.1 Å². The van der Waals surface area contributed by atoms with Crippen LogP contribution in [0.2, 0.25) is 0 Å². The van der Waals surface area contributed by atoms with Gasteiger partial charge in [0, 0.05) is 116 Å². The van der Waals surface area contributed by atoms with Crippen LogP contribution >= 0.6 is 0 Å². The Hall–Kier alpha value is -5.52. The monoisotopic (exact) mass is 686 g/mol. The second-order valence-corrected chi connectivity index (χ2v) is 13.2. The van der Waals surface area contributed by atoms with Crippen molar-refractivity contribution < 1.29 is 13.6 Å². The SMILES string of the molecule is COc1cc(-c2cc3ccc(N4CCN(C)CC4)cc3oc2=O)ccn1.Cc1ccc(-c2cc3ccc(N4CCN(C)CC4)cc3oc2=O)cn1. The van der Waals surface area contributed by atoms with E-state index in [0.717, 1.165) is 91.3 Å². The number of aromatic nitrogens is 2. The van der Waals surface area contributed by atoms with Crippen molar-refractivity contribution in [3.63, 3.8) is 0 Å². The van der Waals surface area contributed by atoms with Crippen LogP contribution in [0.4, 0.5) is 11.4 Å². The number of pyridine rings is 2. The number of anilines is 2. The Balaban J connectivity index is 0.000000159. The van der Waals surface area contributed by atoms with Gasteiger partial charge in [-0.2, -0.15) is 0 Å². The highest BCUT2D eigenvalue weighted by molar-refractivity contribution is 5.85. The topological polar surface area (TPSA) is 108 Å². The first kappa shape index (κ1) is 34.0. The van der Waals surface area contributed by atoms with Gasteiger partial charge in [-0.25, -0.2) is 14.6 Å². The minimum atomic E-state index is -0.360. The molecule has 2 aromatic carbocycles. The molecule has 6 heterocycles. The molecule has 0 radical (unpaired) electrons. The van der Waals surface area contributed by atoms with E-state index < -0.39 is 0 Å². The van der Waals surface area contributed by atoms with Crippen LogP contribution in [0.1, 0.15) is 5.69 Å². The van der Waals surface area contributed by atoms with Crippen molar-refractivity contribution in [2.45, 2.75) is 6.92 Å². The fourth-order valence-corrected chi connectivity index (χ4v) is 6.44. The number of ether oxygens (including phenoxy) is 1. The number of fused-ring (bicyclic) bond motifs is 2. The third-order valence-electron chi connectivity index (χ3n) is 9.65. The summed E-state index contributed by atoms with van der Waals surface area (Å²) < 4.78 is 16.4. The molecule has 2 fully saturated rings. The van der Waals surface area contributed by atoms with Gasteiger partial charge in [0.05, 0.1) is 18.2 Å². The average molecular weight is 687 g/mol. The molecule has 51 heavy (non-hydrogen) atoms. The highest BCUT2D eigenvalue weighted by Crippen LogP contribution is 2.28. The second kappa shape index (κ2) is 14.8. The van der Waals surface area contributed by atoms with Gasteiger partial charge in [-0.3, -0.25) is 4.98 Å². The van der Waals surface area contributed by atoms with Crippen LogP contribution in [0.15, 0.2) is 104 Å². The Kier molecular flexibility index (Phi) is 9.83. The largest absolute Gasteiger partial charge is 0.481 e. The summed E-state index contributed by atoms with van der Waals surface area (Å²) in [7, 11) is 5.82. The molecule has 0 saturated carbocycles. The van der Waals surface area contributed by atoms with Gasteiger partial charge in [0.15, 0.2) is 0 Å². The van der Waals surface area contributed by atoms with Gasteiger partial charge in [-0.1, -0.05) is 6.07 Å². The number of hydrogen-bond donors (Lipinski definition) is 0. The lowest BCUT2D eigenvalue weighted by Crippen LogP contribution is -2.44. The van der Waals surface area contributed by atoms with Crippen molar-refractivity contribution in [2.75, 3.05) is 83.4 Å². The van der Waals surface area contributed by atoms with E-state index in [1.807, 2.05) is 55.5 Å². The van der Waals surface area contributed by atoms with E-state index in [2.05, 4.69) is 55.8 Å². The fourth-order valence-electron chi connectivity index (χ4n) is 6.44. The van der Waals surface area contributed by atoms with Crippen molar-refractivity contribution in [1.82, 2.24) is 19.8 Å². The summed E-state index contributed by atoms with van der Waals surface area (Å²) in [5.74, 6) is 0.465. The van der Waals surface area contributed by atoms with Crippen LogP contribution in [0, 0.1) is 6.92 Å². The van der Waals surface area contributed by atoms with E-state index in [4.69, 9.17) is 13.6 Å².